The van der Waals surface area contributed by atoms with Crippen LogP contribution in [0.4, 0.5) is 11.5 Å². The van der Waals surface area contributed by atoms with Gasteiger partial charge >= 0.3 is 0 Å². The van der Waals surface area contributed by atoms with E-state index in [1.807, 2.05) is 37.9 Å². The maximum atomic E-state index is 5.88. The van der Waals surface area contributed by atoms with Crippen molar-refractivity contribution < 1.29 is 4.42 Å². The van der Waals surface area contributed by atoms with E-state index in [9.17, 15) is 0 Å². The molecule has 2 aromatic rings. The van der Waals surface area contributed by atoms with Crippen LogP contribution in [0.1, 0.15) is 16.9 Å². The quantitative estimate of drug-likeness (QED) is 0.881. The van der Waals surface area contributed by atoms with Gasteiger partial charge in [0.2, 0.25) is 0 Å². The minimum absolute atomic E-state index is 0.762. The lowest BCUT2D eigenvalue weighted by Gasteiger charge is -2.18. The summed E-state index contributed by atoms with van der Waals surface area (Å²) in [5.74, 6) is 1.81. The molecule has 0 unspecified atom stereocenters. The molecule has 0 aliphatic carbocycles. The Hall–Kier alpha value is -1.97. The van der Waals surface area contributed by atoms with Crippen LogP contribution in [0.15, 0.2) is 29.0 Å². The average molecular weight is 231 g/mol. The van der Waals surface area contributed by atoms with Crippen LogP contribution in [0.25, 0.3) is 0 Å². The molecule has 0 fully saturated rings. The molecule has 0 aliphatic rings. The lowest BCUT2D eigenvalue weighted by Crippen LogP contribution is -2.18. The van der Waals surface area contributed by atoms with Gasteiger partial charge in [0.25, 0.3) is 0 Å². The van der Waals surface area contributed by atoms with Crippen molar-refractivity contribution in [2.75, 3.05) is 17.7 Å². The number of nitrogen functional groups attached to an aromatic ring is 1. The number of nitrogens with two attached hydrogens (primary N) is 1. The fourth-order valence-electron chi connectivity index (χ4n) is 1.65. The van der Waals surface area contributed by atoms with Crippen molar-refractivity contribution in [2.24, 2.45) is 0 Å². The first-order valence-electron chi connectivity index (χ1n) is 5.54. The second-order valence-electron chi connectivity index (χ2n) is 4.26. The molecule has 0 saturated heterocycles. The van der Waals surface area contributed by atoms with Crippen molar-refractivity contribution in [2.45, 2.75) is 20.4 Å². The van der Waals surface area contributed by atoms with Crippen molar-refractivity contribution in [3.8, 4) is 0 Å². The van der Waals surface area contributed by atoms with Crippen LogP contribution in [0.5, 0.6) is 0 Å². The van der Waals surface area contributed by atoms with E-state index in [4.69, 9.17) is 10.2 Å². The van der Waals surface area contributed by atoms with E-state index in [-0.39, 0.29) is 0 Å². The third-order valence-electron chi connectivity index (χ3n) is 2.90. The first-order chi connectivity index (χ1) is 8.08. The maximum Gasteiger partial charge on any atom is 0.130 e. The summed E-state index contributed by atoms with van der Waals surface area (Å²) >= 11 is 0. The van der Waals surface area contributed by atoms with Crippen LogP contribution in [0.3, 0.4) is 0 Å². The van der Waals surface area contributed by atoms with Gasteiger partial charge in [-0.3, -0.25) is 0 Å². The molecule has 0 aromatic carbocycles. The minimum Gasteiger partial charge on any atom is -0.469 e. The predicted octanol–water partition coefficient (Wildman–Crippen LogP) is 2.51. The first-order valence-corrected chi connectivity index (χ1v) is 5.54. The van der Waals surface area contributed by atoms with E-state index in [1.54, 1.807) is 12.5 Å². The smallest absolute Gasteiger partial charge is 0.130 e. The Morgan fingerprint density at radius 3 is 2.76 bits per heavy atom. The summed E-state index contributed by atoms with van der Waals surface area (Å²) in [5, 5.41) is 0. The second kappa shape index (κ2) is 4.49. The molecule has 2 aromatic heterocycles. The summed E-state index contributed by atoms with van der Waals surface area (Å²) in [4.78, 5) is 6.41. The summed E-state index contributed by atoms with van der Waals surface area (Å²) < 4.78 is 5.27. The molecule has 0 spiro atoms. The highest BCUT2D eigenvalue weighted by atomic mass is 16.3. The Labute approximate surface area is 101 Å². The number of rotatable bonds is 3. The van der Waals surface area contributed by atoms with Crippen LogP contribution in [-0.2, 0) is 6.54 Å². The second-order valence-corrected chi connectivity index (χ2v) is 4.26. The fourth-order valence-corrected chi connectivity index (χ4v) is 1.65. The molecule has 0 aliphatic heterocycles. The molecule has 4 nitrogen and oxygen atoms in total. The average Bonchev–Trinajstić information content (AvgIpc) is 2.68. The molecule has 4 heteroatoms. The lowest BCUT2D eigenvalue weighted by atomic mass is 10.2. The zero-order valence-electron chi connectivity index (χ0n) is 10.4. The standard InChI is InChI=1S/C13H17N3O/c1-9-7-15-13(6-12(9)14)16(3)8-11-4-5-17-10(11)2/h4-7H,8H2,1-3H3,(H2,14,15). The summed E-state index contributed by atoms with van der Waals surface area (Å²) in [7, 11) is 1.99. The van der Waals surface area contributed by atoms with E-state index >= 15 is 0 Å². The zero-order chi connectivity index (χ0) is 12.4. The highest BCUT2D eigenvalue weighted by Crippen LogP contribution is 2.19. The largest absolute Gasteiger partial charge is 0.469 e. The first kappa shape index (κ1) is 11.5. The monoisotopic (exact) mass is 231 g/mol. The summed E-state index contributed by atoms with van der Waals surface area (Å²) in [6.07, 6.45) is 3.50. The molecule has 0 radical (unpaired) electrons. The van der Waals surface area contributed by atoms with Crippen molar-refractivity contribution >= 4 is 11.5 Å². The SMILES string of the molecule is Cc1cnc(N(C)Cc2ccoc2C)cc1N. The Kier molecular flexibility index (Phi) is 3.04. The van der Waals surface area contributed by atoms with E-state index in [1.165, 1.54) is 0 Å². The van der Waals surface area contributed by atoms with Crippen LogP contribution in [0, 0.1) is 13.8 Å². The molecule has 2 heterocycles. The molecule has 90 valence electrons. The van der Waals surface area contributed by atoms with E-state index < -0.39 is 0 Å². The van der Waals surface area contributed by atoms with Crippen LogP contribution in [-0.4, -0.2) is 12.0 Å². The Morgan fingerprint density at radius 2 is 2.18 bits per heavy atom. The number of aromatic nitrogens is 1. The molecular weight excluding hydrogens is 214 g/mol. The van der Waals surface area contributed by atoms with E-state index in [0.29, 0.717) is 0 Å². The fraction of sp³-hybridized carbons (Fsp3) is 0.308. The van der Waals surface area contributed by atoms with Gasteiger partial charge in [0.1, 0.15) is 11.6 Å². The van der Waals surface area contributed by atoms with E-state index in [2.05, 4.69) is 4.98 Å². The van der Waals surface area contributed by atoms with Gasteiger partial charge in [0, 0.05) is 37.1 Å². The van der Waals surface area contributed by atoms with Crippen LogP contribution >= 0.6 is 0 Å². The number of furan rings is 1. The highest BCUT2D eigenvalue weighted by molar-refractivity contribution is 5.54. The molecule has 17 heavy (non-hydrogen) atoms. The van der Waals surface area contributed by atoms with Gasteiger partial charge < -0.3 is 15.1 Å². The number of anilines is 2. The Bertz CT molecular complexity index is 519. The molecule has 2 rings (SSSR count). The summed E-state index contributed by atoms with van der Waals surface area (Å²) in [6.45, 7) is 4.67. The zero-order valence-corrected chi connectivity index (χ0v) is 10.4. The number of aryl methyl sites for hydroxylation is 2. The van der Waals surface area contributed by atoms with Crippen LogP contribution in [0.2, 0.25) is 0 Å². The molecule has 0 saturated carbocycles. The van der Waals surface area contributed by atoms with Gasteiger partial charge in [-0.15, -0.1) is 0 Å². The molecule has 2 N–H and O–H groups in total. The van der Waals surface area contributed by atoms with E-state index in [0.717, 1.165) is 34.9 Å². The van der Waals surface area contributed by atoms with Crippen molar-refractivity contribution in [1.29, 1.82) is 0 Å². The Morgan fingerprint density at radius 1 is 1.41 bits per heavy atom. The van der Waals surface area contributed by atoms with Gasteiger partial charge in [-0.1, -0.05) is 0 Å². The number of hydrogen-bond acceptors (Lipinski definition) is 4. The lowest BCUT2D eigenvalue weighted by molar-refractivity contribution is 0.529. The highest BCUT2D eigenvalue weighted by Gasteiger charge is 2.08. The van der Waals surface area contributed by atoms with Gasteiger partial charge in [-0.2, -0.15) is 0 Å². The topological polar surface area (TPSA) is 55.3 Å². The Balaban J connectivity index is 2.17. The van der Waals surface area contributed by atoms with Crippen LogP contribution < -0.4 is 10.6 Å². The third kappa shape index (κ3) is 2.41. The van der Waals surface area contributed by atoms with Gasteiger partial charge in [0.15, 0.2) is 0 Å². The molecule has 0 amide bonds. The van der Waals surface area contributed by atoms with Gasteiger partial charge in [-0.25, -0.2) is 4.98 Å². The minimum atomic E-state index is 0.762. The predicted molar refractivity (Wildman–Crippen MR) is 68.9 cm³/mol. The maximum absolute atomic E-state index is 5.88. The van der Waals surface area contributed by atoms with Gasteiger partial charge in [0.05, 0.1) is 6.26 Å². The summed E-state index contributed by atoms with van der Waals surface area (Å²) in [5.41, 5.74) is 8.81. The number of hydrogen-bond donors (Lipinski definition) is 1. The molecule has 0 atom stereocenters. The van der Waals surface area contributed by atoms with Gasteiger partial charge in [-0.05, 0) is 25.5 Å². The summed E-state index contributed by atoms with van der Waals surface area (Å²) in [6, 6.07) is 3.87. The number of nitrogens with zero attached hydrogens (tertiary/aromatic N) is 2. The van der Waals surface area contributed by atoms with Crippen molar-refractivity contribution in [3.63, 3.8) is 0 Å². The normalized spacial score (nSPS) is 10.5. The molecular formula is C13H17N3O. The van der Waals surface area contributed by atoms with Crippen molar-refractivity contribution in [1.82, 2.24) is 4.98 Å². The van der Waals surface area contributed by atoms with Crippen molar-refractivity contribution in [3.05, 3.63) is 41.5 Å². The number of pyridine rings is 1. The molecule has 0 bridgehead atoms. The third-order valence-corrected chi connectivity index (χ3v) is 2.90.